The fourth-order valence-electron chi connectivity index (χ4n) is 2.78. The van der Waals surface area contributed by atoms with E-state index in [4.69, 9.17) is 9.47 Å². The van der Waals surface area contributed by atoms with Gasteiger partial charge in [0.2, 0.25) is 5.91 Å². The monoisotopic (exact) mass is 419 g/mol. The first-order chi connectivity index (χ1) is 14.6. The molecule has 7 heteroatoms. The average Bonchev–Trinajstić information content (AvgIpc) is 3.21. The minimum Gasteiger partial charge on any atom is -0.493 e. The molecule has 152 valence electrons. The van der Waals surface area contributed by atoms with Crippen LogP contribution in [-0.4, -0.2) is 25.1 Å². The lowest BCUT2D eigenvalue weighted by Gasteiger charge is -2.07. The third kappa shape index (κ3) is 4.67. The Hall–Kier alpha value is -3.63. The van der Waals surface area contributed by atoms with Gasteiger partial charge in [0.25, 0.3) is 0 Å². The van der Waals surface area contributed by atoms with Crippen molar-refractivity contribution in [3.05, 3.63) is 59.1 Å². The molecule has 1 amide bonds. The number of thiazole rings is 1. The Bertz CT molecular complexity index is 1110. The summed E-state index contributed by atoms with van der Waals surface area (Å²) >= 11 is 1.28. The van der Waals surface area contributed by atoms with Gasteiger partial charge in [-0.1, -0.05) is 54.7 Å². The number of nitriles is 1. The Balaban J connectivity index is 2.06. The third-order valence-corrected chi connectivity index (χ3v) is 5.32. The molecule has 30 heavy (non-hydrogen) atoms. The van der Waals surface area contributed by atoms with Gasteiger partial charge in [0.1, 0.15) is 21.8 Å². The first-order valence-electron chi connectivity index (χ1n) is 9.29. The van der Waals surface area contributed by atoms with Gasteiger partial charge in [-0.2, -0.15) is 5.26 Å². The van der Waals surface area contributed by atoms with Crippen molar-refractivity contribution in [2.75, 3.05) is 19.5 Å². The normalized spacial score (nSPS) is 10.9. The summed E-state index contributed by atoms with van der Waals surface area (Å²) in [5.41, 5.74) is 2.68. The average molecular weight is 420 g/mol. The lowest BCUT2D eigenvalue weighted by molar-refractivity contribution is -0.115. The fourth-order valence-corrected chi connectivity index (χ4v) is 3.75. The fraction of sp³-hybridized carbons (Fsp3) is 0.174. The van der Waals surface area contributed by atoms with Crippen molar-refractivity contribution in [2.24, 2.45) is 0 Å². The lowest BCUT2D eigenvalue weighted by Crippen LogP contribution is -2.08. The first-order valence-corrected chi connectivity index (χ1v) is 10.1. The van der Waals surface area contributed by atoms with Gasteiger partial charge in [0, 0.05) is 12.0 Å². The molecule has 0 aliphatic carbocycles. The maximum Gasteiger partial charge on any atom is 0.224 e. The van der Waals surface area contributed by atoms with Crippen molar-refractivity contribution in [2.45, 2.75) is 13.3 Å². The van der Waals surface area contributed by atoms with E-state index in [1.54, 1.807) is 39.4 Å². The highest BCUT2D eigenvalue weighted by Crippen LogP contribution is 2.37. The molecular weight excluding hydrogens is 398 g/mol. The minimum absolute atomic E-state index is 0.107. The second-order valence-corrected chi connectivity index (χ2v) is 7.25. The van der Waals surface area contributed by atoms with Crippen LogP contribution in [0.5, 0.6) is 11.5 Å². The molecule has 0 saturated carbocycles. The van der Waals surface area contributed by atoms with Crippen LogP contribution < -0.4 is 14.8 Å². The van der Waals surface area contributed by atoms with Crippen molar-refractivity contribution < 1.29 is 14.3 Å². The van der Waals surface area contributed by atoms with Gasteiger partial charge < -0.3 is 14.8 Å². The SMILES string of the molecule is CCC(=O)Nc1sc(C(C#N)=Cc2ccc(OC)c(OC)c2)nc1-c1ccccc1. The Kier molecular flexibility index (Phi) is 6.83. The number of methoxy groups -OCH3 is 2. The summed E-state index contributed by atoms with van der Waals surface area (Å²) in [6.07, 6.45) is 2.09. The molecule has 0 radical (unpaired) electrons. The molecule has 0 aliphatic heterocycles. The molecule has 0 saturated heterocycles. The number of hydrogen-bond acceptors (Lipinski definition) is 6. The van der Waals surface area contributed by atoms with E-state index in [2.05, 4.69) is 16.4 Å². The van der Waals surface area contributed by atoms with Crippen LogP contribution in [-0.2, 0) is 4.79 Å². The number of carbonyl (C=O) groups is 1. The molecule has 1 heterocycles. The van der Waals surface area contributed by atoms with Gasteiger partial charge in [-0.15, -0.1) is 0 Å². The zero-order valence-electron chi connectivity index (χ0n) is 16.9. The van der Waals surface area contributed by atoms with E-state index in [1.165, 1.54) is 11.3 Å². The van der Waals surface area contributed by atoms with Crippen molar-refractivity contribution in [3.8, 4) is 28.8 Å². The Morgan fingerprint density at radius 1 is 1.17 bits per heavy atom. The molecule has 0 fully saturated rings. The summed E-state index contributed by atoms with van der Waals surface area (Å²) < 4.78 is 10.6. The Morgan fingerprint density at radius 2 is 1.90 bits per heavy atom. The predicted octanol–water partition coefficient (Wildman–Crippen LogP) is 5.24. The molecular formula is C23H21N3O3S. The van der Waals surface area contributed by atoms with E-state index in [0.717, 1.165) is 11.1 Å². The standard InChI is InChI=1S/C23H21N3O3S/c1-4-20(27)25-23-21(16-8-6-5-7-9-16)26-22(30-23)17(14-24)12-15-10-11-18(28-2)19(13-15)29-3/h5-13H,4H2,1-3H3,(H,25,27). The Morgan fingerprint density at radius 3 is 2.53 bits per heavy atom. The van der Waals surface area contributed by atoms with Crippen LogP contribution in [0.3, 0.4) is 0 Å². The van der Waals surface area contributed by atoms with Gasteiger partial charge in [-0.25, -0.2) is 4.98 Å². The molecule has 0 bridgehead atoms. The van der Waals surface area contributed by atoms with Gasteiger partial charge >= 0.3 is 0 Å². The van der Waals surface area contributed by atoms with Crippen LogP contribution in [0.1, 0.15) is 23.9 Å². The number of carbonyl (C=O) groups excluding carboxylic acids is 1. The van der Waals surface area contributed by atoms with E-state index in [9.17, 15) is 10.1 Å². The van der Waals surface area contributed by atoms with Crippen LogP contribution >= 0.6 is 11.3 Å². The van der Waals surface area contributed by atoms with E-state index in [-0.39, 0.29) is 5.91 Å². The highest BCUT2D eigenvalue weighted by Gasteiger charge is 2.17. The van der Waals surface area contributed by atoms with Gasteiger partial charge in [-0.3, -0.25) is 4.79 Å². The molecule has 0 spiro atoms. The van der Waals surface area contributed by atoms with E-state index >= 15 is 0 Å². The number of nitrogens with one attached hydrogen (secondary N) is 1. The van der Waals surface area contributed by atoms with Gasteiger partial charge in [0.15, 0.2) is 11.5 Å². The summed E-state index contributed by atoms with van der Waals surface area (Å²) in [7, 11) is 3.13. The second-order valence-electron chi connectivity index (χ2n) is 6.25. The van der Waals surface area contributed by atoms with Crippen LogP contribution in [0.2, 0.25) is 0 Å². The first kappa shape index (κ1) is 21.1. The topological polar surface area (TPSA) is 84.2 Å². The predicted molar refractivity (Wildman–Crippen MR) is 120 cm³/mol. The Labute approximate surface area is 179 Å². The lowest BCUT2D eigenvalue weighted by atomic mass is 10.1. The van der Waals surface area contributed by atoms with Crippen LogP contribution in [0.15, 0.2) is 48.5 Å². The molecule has 0 unspecified atom stereocenters. The maximum absolute atomic E-state index is 12.0. The van der Waals surface area contributed by atoms with Crippen LogP contribution in [0.25, 0.3) is 22.9 Å². The number of amides is 1. The highest BCUT2D eigenvalue weighted by atomic mass is 32.1. The van der Waals surface area contributed by atoms with E-state index in [0.29, 0.717) is 39.2 Å². The van der Waals surface area contributed by atoms with E-state index in [1.807, 2.05) is 36.4 Å². The van der Waals surface area contributed by atoms with E-state index < -0.39 is 0 Å². The highest BCUT2D eigenvalue weighted by molar-refractivity contribution is 7.17. The molecule has 3 rings (SSSR count). The van der Waals surface area contributed by atoms with Crippen molar-refractivity contribution in [3.63, 3.8) is 0 Å². The number of nitrogens with zero attached hydrogens (tertiary/aromatic N) is 2. The summed E-state index contributed by atoms with van der Waals surface area (Å²) in [5.74, 6) is 1.08. The van der Waals surface area contributed by atoms with Crippen molar-refractivity contribution in [1.82, 2.24) is 4.98 Å². The molecule has 0 atom stereocenters. The summed E-state index contributed by atoms with van der Waals surface area (Å²) in [4.78, 5) is 16.7. The molecule has 1 aromatic heterocycles. The zero-order valence-corrected chi connectivity index (χ0v) is 17.7. The summed E-state index contributed by atoms with van der Waals surface area (Å²) in [5, 5.41) is 13.8. The number of anilines is 1. The third-order valence-electron chi connectivity index (χ3n) is 4.32. The number of benzene rings is 2. The molecule has 2 aromatic carbocycles. The van der Waals surface area contributed by atoms with Crippen LogP contribution in [0, 0.1) is 11.3 Å². The maximum atomic E-state index is 12.0. The summed E-state index contributed by atoms with van der Waals surface area (Å²) in [6, 6.07) is 17.2. The van der Waals surface area contributed by atoms with Crippen LogP contribution in [0.4, 0.5) is 5.00 Å². The van der Waals surface area contributed by atoms with Crippen molar-refractivity contribution >= 4 is 33.9 Å². The quantitative estimate of drug-likeness (QED) is 0.530. The molecule has 1 N–H and O–H groups in total. The second kappa shape index (κ2) is 9.72. The molecule has 6 nitrogen and oxygen atoms in total. The number of hydrogen-bond donors (Lipinski definition) is 1. The number of rotatable bonds is 7. The zero-order chi connectivity index (χ0) is 21.5. The number of aromatic nitrogens is 1. The smallest absolute Gasteiger partial charge is 0.224 e. The van der Waals surface area contributed by atoms with Crippen molar-refractivity contribution in [1.29, 1.82) is 5.26 Å². The number of ether oxygens (including phenoxy) is 2. The molecule has 3 aromatic rings. The number of allylic oxidation sites excluding steroid dienone is 1. The summed E-state index contributed by atoms with van der Waals surface area (Å²) in [6.45, 7) is 1.79. The minimum atomic E-state index is -0.107. The largest absolute Gasteiger partial charge is 0.493 e. The van der Waals surface area contributed by atoms with Gasteiger partial charge in [0.05, 0.1) is 19.8 Å². The van der Waals surface area contributed by atoms with Gasteiger partial charge in [-0.05, 0) is 23.8 Å². The molecule has 0 aliphatic rings.